The summed E-state index contributed by atoms with van der Waals surface area (Å²) in [6, 6.07) is 13.7. The van der Waals surface area contributed by atoms with Crippen LogP contribution in [0.5, 0.6) is 17.2 Å². The molecule has 2 aromatic carbocycles. The lowest BCUT2D eigenvalue weighted by molar-refractivity contribution is -0.118. The summed E-state index contributed by atoms with van der Waals surface area (Å²) in [7, 11) is 3.28. The number of amides is 1. The molecule has 1 N–H and O–H groups in total. The molecule has 0 aliphatic heterocycles. The number of carbonyl (C=O) groups excluding carboxylic acids is 1. The number of carbonyl (C=O) groups is 1. The zero-order chi connectivity index (χ0) is 19.5. The molecule has 0 aromatic heterocycles. The fraction of sp³-hybridized carbons (Fsp3) is 0.381. The van der Waals surface area contributed by atoms with Gasteiger partial charge >= 0.3 is 0 Å². The normalized spacial score (nSPS) is 10.3. The van der Waals surface area contributed by atoms with Crippen LogP contribution >= 0.6 is 11.8 Å². The second-order valence-corrected chi connectivity index (χ2v) is 6.88. The van der Waals surface area contributed by atoms with Crippen molar-refractivity contribution in [1.82, 2.24) is 5.32 Å². The highest BCUT2D eigenvalue weighted by Gasteiger charge is 2.06. The van der Waals surface area contributed by atoms with Crippen LogP contribution in [0.3, 0.4) is 0 Å². The lowest BCUT2D eigenvalue weighted by Gasteiger charge is -2.11. The first-order valence-electron chi connectivity index (χ1n) is 8.99. The Bertz CT molecular complexity index is 719. The van der Waals surface area contributed by atoms with Gasteiger partial charge in [-0.1, -0.05) is 6.07 Å². The van der Waals surface area contributed by atoms with E-state index >= 15 is 0 Å². The van der Waals surface area contributed by atoms with Crippen LogP contribution < -0.4 is 19.5 Å². The van der Waals surface area contributed by atoms with E-state index in [2.05, 4.69) is 5.32 Å². The average Bonchev–Trinajstić information content (AvgIpc) is 2.71. The average molecular weight is 390 g/mol. The van der Waals surface area contributed by atoms with E-state index in [9.17, 15) is 4.79 Å². The van der Waals surface area contributed by atoms with Gasteiger partial charge in [0.15, 0.2) is 11.5 Å². The third kappa shape index (κ3) is 7.06. The van der Waals surface area contributed by atoms with Gasteiger partial charge in [0, 0.05) is 11.4 Å². The number of methoxy groups -OCH3 is 2. The van der Waals surface area contributed by atoms with Crippen molar-refractivity contribution >= 4 is 17.7 Å². The SMILES string of the molecule is CCOc1ccc(CCCNC(=O)CSc2ccc(OC)cc2)cc1OC. The molecule has 0 saturated carbocycles. The standard InChI is InChI=1S/C21H27NO4S/c1-4-26-19-12-7-16(14-20(19)25-3)6-5-13-22-21(23)15-27-18-10-8-17(24-2)9-11-18/h7-12,14H,4-6,13,15H2,1-3H3,(H,22,23). The van der Waals surface area contributed by atoms with Crippen LogP contribution in [0.15, 0.2) is 47.4 Å². The molecule has 146 valence electrons. The Hall–Kier alpha value is -2.34. The topological polar surface area (TPSA) is 56.8 Å². The molecule has 0 aliphatic carbocycles. The van der Waals surface area contributed by atoms with E-state index in [4.69, 9.17) is 14.2 Å². The monoisotopic (exact) mass is 389 g/mol. The van der Waals surface area contributed by atoms with Crippen LogP contribution in [0, 0.1) is 0 Å². The van der Waals surface area contributed by atoms with Crippen LogP contribution in [0.1, 0.15) is 18.9 Å². The minimum atomic E-state index is 0.0418. The van der Waals surface area contributed by atoms with Crippen LogP contribution in [-0.4, -0.2) is 39.0 Å². The maximum Gasteiger partial charge on any atom is 0.230 e. The summed E-state index contributed by atoms with van der Waals surface area (Å²) in [5.41, 5.74) is 1.16. The highest BCUT2D eigenvalue weighted by Crippen LogP contribution is 2.28. The molecule has 0 unspecified atom stereocenters. The van der Waals surface area contributed by atoms with Gasteiger partial charge in [0.2, 0.25) is 5.91 Å². The number of nitrogens with one attached hydrogen (secondary N) is 1. The van der Waals surface area contributed by atoms with Gasteiger partial charge in [-0.3, -0.25) is 4.79 Å². The Balaban J connectivity index is 1.69. The first-order chi connectivity index (χ1) is 13.2. The second kappa shape index (κ2) is 11.4. The maximum atomic E-state index is 12.0. The van der Waals surface area contributed by atoms with Crippen molar-refractivity contribution in [3.05, 3.63) is 48.0 Å². The van der Waals surface area contributed by atoms with E-state index in [0.29, 0.717) is 18.9 Å². The van der Waals surface area contributed by atoms with Gasteiger partial charge < -0.3 is 19.5 Å². The van der Waals surface area contributed by atoms with Gasteiger partial charge in [0.05, 0.1) is 26.6 Å². The second-order valence-electron chi connectivity index (χ2n) is 5.84. The molecule has 0 radical (unpaired) electrons. The molecule has 6 heteroatoms. The summed E-state index contributed by atoms with van der Waals surface area (Å²) in [6.45, 7) is 3.21. The molecule has 27 heavy (non-hydrogen) atoms. The Morgan fingerprint density at radius 1 is 1.04 bits per heavy atom. The molecular formula is C21H27NO4S. The Morgan fingerprint density at radius 3 is 2.48 bits per heavy atom. The minimum absolute atomic E-state index is 0.0418. The summed E-state index contributed by atoms with van der Waals surface area (Å²) < 4.78 is 16.0. The summed E-state index contributed by atoms with van der Waals surface area (Å²) in [6.07, 6.45) is 1.74. The molecule has 0 aliphatic rings. The largest absolute Gasteiger partial charge is 0.497 e. The van der Waals surface area contributed by atoms with Gasteiger partial charge in [-0.05, 0) is 61.7 Å². The number of hydrogen-bond acceptors (Lipinski definition) is 5. The summed E-state index contributed by atoms with van der Waals surface area (Å²) in [5.74, 6) is 2.76. The lowest BCUT2D eigenvalue weighted by atomic mass is 10.1. The molecule has 0 bridgehead atoms. The van der Waals surface area contributed by atoms with E-state index in [1.54, 1.807) is 14.2 Å². The number of hydrogen-bond donors (Lipinski definition) is 1. The van der Waals surface area contributed by atoms with Crippen molar-refractivity contribution in [2.45, 2.75) is 24.7 Å². The maximum absolute atomic E-state index is 12.0. The predicted octanol–water partition coefficient (Wildman–Crippen LogP) is 3.94. The van der Waals surface area contributed by atoms with Crippen LogP contribution in [-0.2, 0) is 11.2 Å². The molecule has 0 fully saturated rings. The van der Waals surface area contributed by atoms with Crippen molar-refractivity contribution < 1.29 is 19.0 Å². The predicted molar refractivity (Wildman–Crippen MR) is 109 cm³/mol. The van der Waals surface area contributed by atoms with Gasteiger partial charge in [-0.2, -0.15) is 0 Å². The Kier molecular flexibility index (Phi) is 8.84. The Morgan fingerprint density at radius 2 is 1.81 bits per heavy atom. The van der Waals surface area contributed by atoms with E-state index in [-0.39, 0.29) is 5.91 Å². The molecule has 2 rings (SSSR count). The molecular weight excluding hydrogens is 362 g/mol. The van der Waals surface area contributed by atoms with E-state index in [1.807, 2.05) is 49.4 Å². The van der Waals surface area contributed by atoms with Crippen molar-refractivity contribution in [2.24, 2.45) is 0 Å². The van der Waals surface area contributed by atoms with Gasteiger partial charge in [-0.15, -0.1) is 11.8 Å². The van der Waals surface area contributed by atoms with Gasteiger partial charge in [-0.25, -0.2) is 0 Å². The van der Waals surface area contributed by atoms with Crippen LogP contribution in [0.2, 0.25) is 0 Å². The lowest BCUT2D eigenvalue weighted by Crippen LogP contribution is -2.26. The number of aryl methyl sites for hydroxylation is 1. The smallest absolute Gasteiger partial charge is 0.230 e. The fourth-order valence-corrected chi connectivity index (χ4v) is 3.26. The summed E-state index contributed by atoms with van der Waals surface area (Å²) in [5, 5.41) is 2.97. The Labute approximate surface area is 165 Å². The van der Waals surface area contributed by atoms with Crippen LogP contribution in [0.25, 0.3) is 0 Å². The van der Waals surface area contributed by atoms with Gasteiger partial charge in [0.1, 0.15) is 5.75 Å². The van der Waals surface area contributed by atoms with Crippen molar-refractivity contribution in [2.75, 3.05) is 33.1 Å². The first-order valence-corrected chi connectivity index (χ1v) is 9.98. The number of ether oxygens (including phenoxy) is 3. The summed E-state index contributed by atoms with van der Waals surface area (Å²) in [4.78, 5) is 13.0. The molecule has 0 spiro atoms. The highest BCUT2D eigenvalue weighted by molar-refractivity contribution is 8.00. The fourth-order valence-electron chi connectivity index (χ4n) is 2.53. The highest BCUT2D eigenvalue weighted by atomic mass is 32.2. The number of benzene rings is 2. The molecule has 0 atom stereocenters. The molecule has 0 saturated heterocycles. The third-order valence-corrected chi connectivity index (χ3v) is 4.93. The van der Waals surface area contributed by atoms with Crippen molar-refractivity contribution in [3.63, 3.8) is 0 Å². The summed E-state index contributed by atoms with van der Waals surface area (Å²) >= 11 is 1.52. The van der Waals surface area contributed by atoms with Gasteiger partial charge in [0.25, 0.3) is 0 Å². The number of thioether (sulfide) groups is 1. The van der Waals surface area contributed by atoms with E-state index in [0.717, 1.165) is 40.5 Å². The van der Waals surface area contributed by atoms with E-state index in [1.165, 1.54) is 11.8 Å². The zero-order valence-electron chi connectivity index (χ0n) is 16.1. The van der Waals surface area contributed by atoms with E-state index < -0.39 is 0 Å². The number of rotatable bonds is 11. The minimum Gasteiger partial charge on any atom is -0.497 e. The van der Waals surface area contributed by atoms with Crippen molar-refractivity contribution in [3.8, 4) is 17.2 Å². The first kappa shape index (κ1) is 21.0. The quantitative estimate of drug-likeness (QED) is 0.466. The molecule has 2 aromatic rings. The van der Waals surface area contributed by atoms with Crippen molar-refractivity contribution in [1.29, 1.82) is 0 Å². The molecule has 1 amide bonds. The third-order valence-electron chi connectivity index (χ3n) is 3.92. The molecule has 0 heterocycles. The zero-order valence-corrected chi connectivity index (χ0v) is 16.9. The van der Waals surface area contributed by atoms with Crippen LogP contribution in [0.4, 0.5) is 0 Å². The molecule has 5 nitrogen and oxygen atoms in total.